The maximum atomic E-state index is 15.1. The minimum atomic E-state index is -3.08. The van der Waals surface area contributed by atoms with Crippen LogP contribution in [0.5, 0.6) is 5.75 Å². The van der Waals surface area contributed by atoms with Crippen LogP contribution in [-0.2, 0) is 27.4 Å². The van der Waals surface area contributed by atoms with Crippen LogP contribution in [0.1, 0.15) is 34.3 Å². The fraction of sp³-hybridized carbons (Fsp3) is 0.433. The molecule has 0 saturated carbocycles. The summed E-state index contributed by atoms with van der Waals surface area (Å²) in [6.45, 7) is 2.79. The smallest absolute Gasteiger partial charge is 0.297 e. The number of anilines is 1. The average Bonchev–Trinajstić information content (AvgIpc) is 3.46. The molecular formula is C30H30F2N6O5. The van der Waals surface area contributed by atoms with Gasteiger partial charge in [-0.05, 0) is 47.9 Å². The summed E-state index contributed by atoms with van der Waals surface area (Å²) in [5, 5.41) is 3.11. The van der Waals surface area contributed by atoms with E-state index in [2.05, 4.69) is 20.2 Å². The molecule has 224 valence electrons. The lowest BCUT2D eigenvalue weighted by atomic mass is 10.0. The molecule has 0 aliphatic carbocycles. The molecule has 3 fully saturated rings. The molecule has 0 spiro atoms. The minimum Gasteiger partial charge on any atom is -0.483 e. The largest absolute Gasteiger partial charge is 0.483 e. The first-order chi connectivity index (χ1) is 20.7. The lowest BCUT2D eigenvalue weighted by Gasteiger charge is -2.29. The van der Waals surface area contributed by atoms with E-state index in [4.69, 9.17) is 9.47 Å². The second kappa shape index (κ2) is 10.8. The van der Waals surface area contributed by atoms with E-state index in [0.717, 1.165) is 29.6 Å². The van der Waals surface area contributed by atoms with Crippen molar-refractivity contribution in [3.8, 4) is 5.75 Å². The van der Waals surface area contributed by atoms with Crippen LogP contribution >= 0.6 is 0 Å². The van der Waals surface area contributed by atoms with E-state index in [1.165, 1.54) is 11.0 Å². The van der Waals surface area contributed by atoms with Gasteiger partial charge in [-0.15, -0.1) is 0 Å². The standard InChI is InChI=1S/C30H30F2N6O5/c31-30(32)17-36(14-18-1-4-23-19(11-18)13-33-29(34-23)37-7-9-42-10-8-37)16-25(30)43-21-2-3-22-20(12-21)15-38(28(22)41)24-5-6-26(39)35-27(24)40/h1-4,11-13,24-25H,5-10,14-17H2,(H,35,39,40)/t24-,25+/m0/s1. The Balaban J connectivity index is 1.01. The number of carbonyl (C=O) groups excluding carboxylic acids is 3. The molecular weight excluding hydrogens is 562 g/mol. The summed E-state index contributed by atoms with van der Waals surface area (Å²) < 4.78 is 41.4. The molecule has 13 heteroatoms. The Kier molecular flexibility index (Phi) is 6.93. The van der Waals surface area contributed by atoms with Gasteiger partial charge >= 0.3 is 0 Å². The number of piperidine rings is 1. The van der Waals surface area contributed by atoms with Gasteiger partial charge in [0.25, 0.3) is 11.8 Å². The monoisotopic (exact) mass is 592 g/mol. The highest BCUT2D eigenvalue weighted by molar-refractivity contribution is 6.05. The van der Waals surface area contributed by atoms with Crippen LogP contribution in [0.4, 0.5) is 14.7 Å². The lowest BCUT2D eigenvalue weighted by molar-refractivity contribution is -0.136. The molecule has 2 atom stereocenters. The van der Waals surface area contributed by atoms with Gasteiger partial charge in [0, 0.05) is 56.3 Å². The van der Waals surface area contributed by atoms with Crippen LogP contribution in [0.2, 0.25) is 0 Å². The van der Waals surface area contributed by atoms with Crippen molar-refractivity contribution in [3.63, 3.8) is 0 Å². The fourth-order valence-corrected chi connectivity index (χ4v) is 6.21. The maximum Gasteiger partial charge on any atom is 0.297 e. The summed E-state index contributed by atoms with van der Waals surface area (Å²) in [5.41, 5.74) is 2.66. The number of alkyl halides is 2. The molecule has 43 heavy (non-hydrogen) atoms. The number of amides is 3. The van der Waals surface area contributed by atoms with Crippen molar-refractivity contribution in [2.45, 2.75) is 44.0 Å². The van der Waals surface area contributed by atoms with E-state index in [-0.39, 0.29) is 43.5 Å². The van der Waals surface area contributed by atoms with E-state index in [1.54, 1.807) is 23.2 Å². The van der Waals surface area contributed by atoms with Crippen molar-refractivity contribution < 1.29 is 32.6 Å². The van der Waals surface area contributed by atoms with E-state index in [9.17, 15) is 14.4 Å². The van der Waals surface area contributed by atoms with E-state index < -0.39 is 30.5 Å². The first-order valence-electron chi connectivity index (χ1n) is 14.4. The lowest BCUT2D eigenvalue weighted by Crippen LogP contribution is -2.52. The zero-order valence-corrected chi connectivity index (χ0v) is 23.3. The number of carbonyl (C=O) groups is 3. The molecule has 7 rings (SSSR count). The third kappa shape index (κ3) is 5.38. The van der Waals surface area contributed by atoms with E-state index >= 15 is 8.78 Å². The molecule has 4 aliphatic rings. The molecule has 3 saturated heterocycles. The summed E-state index contributed by atoms with van der Waals surface area (Å²) in [7, 11) is 0. The number of aromatic nitrogens is 2. The SMILES string of the molecule is O=C1CC[C@H](N2Cc3cc(O[C@@H]4CN(Cc5ccc6nc(N7CCOCC7)ncc6c5)CC4(F)F)ccc3C2=O)C(=O)N1. The zero-order chi connectivity index (χ0) is 29.7. The number of hydrogen-bond donors (Lipinski definition) is 1. The number of likely N-dealkylation sites (tertiary alicyclic amines) is 1. The number of nitrogens with zero attached hydrogens (tertiary/aromatic N) is 5. The average molecular weight is 593 g/mol. The molecule has 11 nitrogen and oxygen atoms in total. The fourth-order valence-electron chi connectivity index (χ4n) is 6.21. The van der Waals surface area contributed by atoms with Crippen molar-refractivity contribution in [3.05, 3.63) is 59.3 Å². The zero-order valence-electron chi connectivity index (χ0n) is 23.3. The summed E-state index contributed by atoms with van der Waals surface area (Å²) in [4.78, 5) is 51.1. The summed E-state index contributed by atoms with van der Waals surface area (Å²) in [6, 6.07) is 9.62. The molecule has 1 N–H and O–H groups in total. The Morgan fingerprint density at radius 3 is 2.74 bits per heavy atom. The summed E-state index contributed by atoms with van der Waals surface area (Å²) in [6.07, 6.45) is 0.799. The first kappa shape index (κ1) is 27.6. The molecule has 5 heterocycles. The number of fused-ring (bicyclic) bond motifs is 2. The van der Waals surface area contributed by atoms with Crippen LogP contribution in [0.15, 0.2) is 42.6 Å². The number of halogens is 2. The van der Waals surface area contributed by atoms with Gasteiger partial charge in [0.15, 0.2) is 6.10 Å². The minimum absolute atomic E-state index is 0.0237. The predicted octanol–water partition coefficient (Wildman–Crippen LogP) is 2.13. The van der Waals surface area contributed by atoms with E-state index in [0.29, 0.717) is 36.8 Å². The second-order valence-electron chi connectivity index (χ2n) is 11.4. The maximum absolute atomic E-state index is 15.1. The highest BCUT2D eigenvalue weighted by Crippen LogP contribution is 2.35. The number of ether oxygens (including phenoxy) is 2. The molecule has 1 aromatic heterocycles. The van der Waals surface area contributed by atoms with Gasteiger partial charge < -0.3 is 19.3 Å². The van der Waals surface area contributed by atoms with Crippen molar-refractivity contribution >= 4 is 34.6 Å². The van der Waals surface area contributed by atoms with Crippen molar-refractivity contribution in [2.24, 2.45) is 0 Å². The number of morpholine rings is 1. The van der Waals surface area contributed by atoms with Crippen LogP contribution < -0.4 is 15.0 Å². The highest BCUT2D eigenvalue weighted by atomic mass is 19.3. The number of rotatable bonds is 6. The van der Waals surface area contributed by atoms with Gasteiger partial charge in [0.2, 0.25) is 17.8 Å². The Morgan fingerprint density at radius 2 is 1.93 bits per heavy atom. The Bertz CT molecular complexity index is 1610. The third-order valence-corrected chi connectivity index (χ3v) is 8.43. The molecule has 4 aliphatic heterocycles. The Labute approximate surface area is 245 Å². The first-order valence-corrected chi connectivity index (χ1v) is 14.4. The van der Waals surface area contributed by atoms with E-state index in [1.807, 2.05) is 18.2 Å². The van der Waals surface area contributed by atoms with Gasteiger partial charge in [0.05, 0.1) is 25.3 Å². The Hall–Kier alpha value is -4.23. The van der Waals surface area contributed by atoms with Crippen LogP contribution in [0.3, 0.4) is 0 Å². The Morgan fingerprint density at radius 1 is 1.09 bits per heavy atom. The molecule has 3 aromatic rings. The van der Waals surface area contributed by atoms with Crippen LogP contribution in [-0.4, -0.2) is 95.0 Å². The van der Waals surface area contributed by atoms with Crippen molar-refractivity contribution in [1.82, 2.24) is 25.1 Å². The third-order valence-electron chi connectivity index (χ3n) is 8.43. The van der Waals surface area contributed by atoms with Crippen LogP contribution in [0.25, 0.3) is 10.9 Å². The van der Waals surface area contributed by atoms with Gasteiger partial charge in [-0.25, -0.2) is 18.7 Å². The summed E-state index contributed by atoms with van der Waals surface area (Å²) in [5.74, 6) is -3.38. The number of hydrogen-bond acceptors (Lipinski definition) is 9. The van der Waals surface area contributed by atoms with Crippen molar-refractivity contribution in [1.29, 1.82) is 0 Å². The van der Waals surface area contributed by atoms with Gasteiger partial charge in [-0.1, -0.05) is 6.07 Å². The summed E-state index contributed by atoms with van der Waals surface area (Å²) >= 11 is 0. The highest BCUT2D eigenvalue weighted by Gasteiger charge is 2.50. The predicted molar refractivity (Wildman–Crippen MR) is 150 cm³/mol. The molecule has 0 unspecified atom stereocenters. The van der Waals surface area contributed by atoms with Gasteiger partial charge in [-0.3, -0.25) is 24.6 Å². The molecule has 2 aromatic carbocycles. The van der Waals surface area contributed by atoms with Crippen LogP contribution in [0, 0.1) is 0 Å². The van der Waals surface area contributed by atoms with Gasteiger partial charge in [-0.2, -0.15) is 0 Å². The number of imide groups is 1. The molecule has 0 bridgehead atoms. The van der Waals surface area contributed by atoms with Crippen molar-refractivity contribution in [2.75, 3.05) is 44.3 Å². The number of benzene rings is 2. The van der Waals surface area contributed by atoms with Gasteiger partial charge in [0.1, 0.15) is 11.8 Å². The number of nitrogens with one attached hydrogen (secondary N) is 1. The molecule has 3 amide bonds. The topological polar surface area (TPSA) is 117 Å². The quantitative estimate of drug-likeness (QED) is 0.430. The normalized spacial score (nSPS) is 24.0. The second-order valence-corrected chi connectivity index (χ2v) is 11.4. The molecule has 0 radical (unpaired) electrons.